The number of halogens is 1. The summed E-state index contributed by atoms with van der Waals surface area (Å²) < 4.78 is 40.6. The van der Waals surface area contributed by atoms with Crippen molar-refractivity contribution in [2.75, 3.05) is 24.7 Å². The molecule has 0 amide bonds. The highest BCUT2D eigenvalue weighted by molar-refractivity contribution is 8.07. The zero-order chi connectivity index (χ0) is 29.1. The quantitative estimate of drug-likeness (QED) is 0.134. The van der Waals surface area contributed by atoms with Gasteiger partial charge in [0.25, 0.3) is 5.56 Å². The lowest BCUT2D eigenvalue weighted by Crippen LogP contribution is -2.31. The predicted octanol–water partition coefficient (Wildman–Crippen LogP) is -0.776. The van der Waals surface area contributed by atoms with Gasteiger partial charge in [-0.2, -0.15) is 4.98 Å². The number of imidazole rings is 1. The number of hydrogen-bond donors (Lipinski definition) is 6. The number of H-pyrrole nitrogens is 1. The average molecular weight is 614 g/mol. The fourth-order valence-corrected chi connectivity index (χ4v) is 6.38. The Morgan fingerprint density at radius 1 is 1.22 bits per heavy atom. The van der Waals surface area contributed by atoms with Gasteiger partial charge in [0.1, 0.15) is 36.1 Å². The second kappa shape index (κ2) is 10.6. The standard InChI is InChI=1S/C21H25FN9O8PS/c22-12-14(33)11(38-20(12)30-2-1-9-15(23)25-6-26-16(9)30)5-36-40(35,41)39-10-3-8(4-32)37-19(10)31-7-27-13-17(31)28-21(24)29-18(13)34/h1-2,6-8,10-12,14,19-20,32-33H,3-5H2,(H,35,41)(H2,23,25,26)(H3,24,28,29,34)/t8-,10+,11+,12-,14+,19+,20+,40?/m0/s1. The number of nitrogens with zero attached hydrogens (tertiary/aromatic N) is 6. The molecule has 6 heterocycles. The molecule has 41 heavy (non-hydrogen) atoms. The van der Waals surface area contributed by atoms with E-state index in [2.05, 4.69) is 24.9 Å². The summed E-state index contributed by atoms with van der Waals surface area (Å²) in [4.78, 5) is 41.5. The first kappa shape index (κ1) is 28.0. The van der Waals surface area contributed by atoms with E-state index < -0.39 is 61.9 Å². The van der Waals surface area contributed by atoms with E-state index in [1.165, 1.54) is 28.0 Å². The summed E-state index contributed by atoms with van der Waals surface area (Å²) in [5.41, 5.74) is 11.3. The Balaban J connectivity index is 1.16. The number of aliphatic hydroxyl groups is 2. The Morgan fingerprint density at radius 3 is 2.80 bits per heavy atom. The molecule has 0 aliphatic carbocycles. The molecular weight excluding hydrogens is 588 g/mol. The molecule has 8 N–H and O–H groups in total. The fourth-order valence-electron chi connectivity index (χ4n) is 4.93. The third-order valence-electron chi connectivity index (χ3n) is 6.85. The van der Waals surface area contributed by atoms with E-state index in [9.17, 15) is 19.9 Å². The SMILES string of the molecule is Nc1nc2c(ncn2[C@@H]2O[C@H](CO)C[C@H]2OP(O)(=S)OC[C@H]2O[C@@H](n3ccc4c(N)ncnc43)[C@@H](F)[C@@H]2O)c(=O)[nH]1. The van der Waals surface area contributed by atoms with Gasteiger partial charge in [0.05, 0.1) is 31.0 Å². The molecule has 20 heteroatoms. The van der Waals surface area contributed by atoms with E-state index in [-0.39, 0.29) is 36.0 Å². The minimum absolute atomic E-state index is 0.0130. The molecule has 0 saturated carbocycles. The normalized spacial score (nSPS) is 29.9. The molecule has 2 aliphatic heterocycles. The number of alkyl halides is 1. The van der Waals surface area contributed by atoms with Crippen molar-refractivity contribution < 1.29 is 38.0 Å². The number of aromatic nitrogens is 7. The molecule has 17 nitrogen and oxygen atoms in total. The van der Waals surface area contributed by atoms with E-state index in [1.54, 1.807) is 6.07 Å². The molecule has 0 spiro atoms. The van der Waals surface area contributed by atoms with Gasteiger partial charge in [-0.3, -0.25) is 14.3 Å². The number of ether oxygens (including phenoxy) is 2. The van der Waals surface area contributed by atoms with Crippen LogP contribution in [-0.2, 0) is 30.3 Å². The van der Waals surface area contributed by atoms with Crippen molar-refractivity contribution in [3.05, 3.63) is 35.3 Å². The Labute approximate surface area is 234 Å². The third kappa shape index (κ3) is 5.09. The molecule has 0 radical (unpaired) electrons. The lowest BCUT2D eigenvalue weighted by atomic mass is 10.1. The molecule has 4 aromatic rings. The van der Waals surface area contributed by atoms with Gasteiger partial charge < -0.3 is 49.7 Å². The van der Waals surface area contributed by atoms with Gasteiger partial charge in [-0.25, -0.2) is 19.3 Å². The van der Waals surface area contributed by atoms with Crippen LogP contribution in [-0.4, -0.2) is 93.0 Å². The summed E-state index contributed by atoms with van der Waals surface area (Å²) in [6.07, 6.45) is -4.58. The largest absolute Gasteiger partial charge is 0.394 e. The maximum atomic E-state index is 15.1. The molecular formula is C21H25FN9O8PS. The van der Waals surface area contributed by atoms with Crippen LogP contribution in [0, 0.1) is 0 Å². The van der Waals surface area contributed by atoms with Crippen molar-refractivity contribution in [1.82, 2.24) is 34.1 Å². The summed E-state index contributed by atoms with van der Waals surface area (Å²) in [5, 5.41) is 20.7. The highest BCUT2D eigenvalue weighted by atomic mass is 32.5. The van der Waals surface area contributed by atoms with Crippen LogP contribution in [0.5, 0.6) is 0 Å². The van der Waals surface area contributed by atoms with Crippen molar-refractivity contribution in [2.24, 2.45) is 0 Å². The number of rotatable bonds is 8. The number of aliphatic hydroxyl groups excluding tert-OH is 2. The van der Waals surface area contributed by atoms with Gasteiger partial charge in [0.15, 0.2) is 29.8 Å². The maximum Gasteiger partial charge on any atom is 0.325 e. The number of anilines is 2. The predicted molar refractivity (Wildman–Crippen MR) is 142 cm³/mol. The topological polar surface area (TPSA) is 244 Å². The second-order valence-electron chi connectivity index (χ2n) is 9.47. The summed E-state index contributed by atoms with van der Waals surface area (Å²) >= 11 is 5.19. The van der Waals surface area contributed by atoms with Gasteiger partial charge in [0.2, 0.25) is 5.95 Å². The van der Waals surface area contributed by atoms with Crippen molar-refractivity contribution in [2.45, 2.75) is 49.5 Å². The molecule has 6 rings (SSSR count). The summed E-state index contributed by atoms with van der Waals surface area (Å²) in [7, 11) is 0. The second-order valence-corrected chi connectivity index (χ2v) is 12.3. The van der Waals surface area contributed by atoms with Crippen molar-refractivity contribution >= 4 is 52.5 Å². The monoisotopic (exact) mass is 613 g/mol. The van der Waals surface area contributed by atoms with E-state index in [0.717, 1.165) is 0 Å². The minimum atomic E-state index is -4.05. The Hall–Kier alpha value is -3.13. The van der Waals surface area contributed by atoms with Crippen LogP contribution in [0.25, 0.3) is 22.2 Å². The van der Waals surface area contributed by atoms with Gasteiger partial charge in [0, 0.05) is 12.6 Å². The smallest absolute Gasteiger partial charge is 0.325 e. The molecule has 220 valence electrons. The number of nitrogens with one attached hydrogen (secondary N) is 1. The molecule has 2 fully saturated rings. The molecule has 8 atom stereocenters. The number of nitrogen functional groups attached to an aromatic ring is 2. The highest BCUT2D eigenvalue weighted by Crippen LogP contribution is 2.50. The third-order valence-corrected chi connectivity index (χ3v) is 8.44. The van der Waals surface area contributed by atoms with E-state index >= 15 is 4.39 Å². The number of aromatic amines is 1. The van der Waals surface area contributed by atoms with Crippen LogP contribution in [0.15, 0.2) is 29.7 Å². The van der Waals surface area contributed by atoms with Crippen LogP contribution in [0.2, 0.25) is 0 Å². The van der Waals surface area contributed by atoms with Gasteiger partial charge in [-0.15, -0.1) is 0 Å². The summed E-state index contributed by atoms with van der Waals surface area (Å²) in [6.45, 7) is -4.94. The lowest BCUT2D eigenvalue weighted by Gasteiger charge is -2.25. The molecule has 0 bridgehead atoms. The molecule has 4 aromatic heterocycles. The van der Waals surface area contributed by atoms with Gasteiger partial charge in [-0.1, -0.05) is 0 Å². The Bertz CT molecular complexity index is 1700. The zero-order valence-electron chi connectivity index (χ0n) is 20.9. The molecule has 1 unspecified atom stereocenters. The first-order chi connectivity index (χ1) is 19.6. The molecule has 0 aromatic carbocycles. The number of fused-ring (bicyclic) bond motifs is 2. The van der Waals surface area contributed by atoms with Crippen LogP contribution in [0.1, 0.15) is 18.9 Å². The summed E-state index contributed by atoms with van der Waals surface area (Å²) in [5.74, 6) is 0.0468. The van der Waals surface area contributed by atoms with Gasteiger partial charge >= 0.3 is 6.72 Å². The Morgan fingerprint density at radius 2 is 2.02 bits per heavy atom. The van der Waals surface area contributed by atoms with Crippen molar-refractivity contribution in [3.63, 3.8) is 0 Å². The maximum absolute atomic E-state index is 15.1. The fraction of sp³-hybridized carbons (Fsp3) is 0.476. The van der Waals surface area contributed by atoms with Crippen LogP contribution in [0.3, 0.4) is 0 Å². The summed E-state index contributed by atoms with van der Waals surface area (Å²) in [6, 6.07) is 1.60. The van der Waals surface area contributed by atoms with Gasteiger partial charge in [-0.05, 0) is 17.9 Å². The molecule has 2 saturated heterocycles. The lowest BCUT2D eigenvalue weighted by molar-refractivity contribution is -0.0551. The molecule has 2 aliphatic rings. The Kier molecular flexibility index (Phi) is 7.25. The van der Waals surface area contributed by atoms with E-state index in [1.807, 2.05) is 0 Å². The van der Waals surface area contributed by atoms with Crippen molar-refractivity contribution in [1.29, 1.82) is 0 Å². The zero-order valence-corrected chi connectivity index (χ0v) is 22.6. The minimum Gasteiger partial charge on any atom is -0.394 e. The first-order valence-corrected chi connectivity index (χ1v) is 14.8. The highest BCUT2D eigenvalue weighted by Gasteiger charge is 2.47. The van der Waals surface area contributed by atoms with E-state index in [4.69, 9.17) is 41.8 Å². The van der Waals surface area contributed by atoms with E-state index in [0.29, 0.717) is 11.0 Å². The van der Waals surface area contributed by atoms with Crippen LogP contribution < -0.4 is 17.0 Å². The van der Waals surface area contributed by atoms with Crippen molar-refractivity contribution in [3.8, 4) is 0 Å². The van der Waals surface area contributed by atoms with Crippen LogP contribution in [0.4, 0.5) is 16.2 Å². The number of nitrogens with two attached hydrogens (primary N) is 2. The van der Waals surface area contributed by atoms with Crippen LogP contribution >= 0.6 is 6.72 Å². The average Bonchev–Trinajstić information content (AvgIpc) is 3.69. The first-order valence-electron chi connectivity index (χ1n) is 12.3. The number of hydrogen-bond acceptors (Lipinski definition) is 14.